The molecule has 1 rings (SSSR count). The van der Waals surface area contributed by atoms with Gasteiger partial charge in [-0.3, -0.25) is 0 Å². The van der Waals surface area contributed by atoms with E-state index in [0.29, 0.717) is 11.4 Å². The van der Waals surface area contributed by atoms with Gasteiger partial charge in [0.05, 0.1) is 4.90 Å². The average molecular weight is 251 g/mol. The van der Waals surface area contributed by atoms with Gasteiger partial charge in [0.1, 0.15) is 0 Å². The highest BCUT2D eigenvalue weighted by Gasteiger charge is 2.11. The van der Waals surface area contributed by atoms with Crippen molar-refractivity contribution >= 4 is 10.0 Å². The first kappa shape index (κ1) is 13.7. The summed E-state index contributed by atoms with van der Waals surface area (Å²) in [4.78, 5) is 0.294. The largest absolute Gasteiger partial charge is 0.240 e. The number of benzene rings is 1. The SMILES string of the molecule is C=CC(=C)CCCNS(=O)(=O)c1ccccc1. The number of hydrogen-bond donors (Lipinski definition) is 1. The third-order valence-electron chi connectivity index (χ3n) is 2.31. The first-order valence-corrected chi connectivity index (χ1v) is 6.89. The van der Waals surface area contributed by atoms with Crippen molar-refractivity contribution in [1.82, 2.24) is 4.72 Å². The number of allylic oxidation sites excluding steroid dienone is 2. The Morgan fingerprint density at radius 3 is 2.53 bits per heavy atom. The molecule has 0 aromatic heterocycles. The highest BCUT2D eigenvalue weighted by molar-refractivity contribution is 7.89. The van der Waals surface area contributed by atoms with Crippen LogP contribution in [0.4, 0.5) is 0 Å². The van der Waals surface area contributed by atoms with Crippen molar-refractivity contribution in [2.45, 2.75) is 17.7 Å². The summed E-state index contributed by atoms with van der Waals surface area (Å²) in [5, 5.41) is 0. The minimum Gasteiger partial charge on any atom is -0.211 e. The number of nitrogens with one attached hydrogen (secondary N) is 1. The molecule has 0 spiro atoms. The molecule has 1 aromatic carbocycles. The molecule has 0 aliphatic rings. The summed E-state index contributed by atoms with van der Waals surface area (Å²) < 4.78 is 26.1. The molecule has 1 aromatic rings. The molecule has 0 unspecified atom stereocenters. The summed E-state index contributed by atoms with van der Waals surface area (Å²) in [7, 11) is -3.37. The van der Waals surface area contributed by atoms with E-state index in [1.54, 1.807) is 36.4 Å². The third-order valence-corrected chi connectivity index (χ3v) is 3.79. The van der Waals surface area contributed by atoms with Crippen molar-refractivity contribution in [3.05, 3.63) is 55.1 Å². The Morgan fingerprint density at radius 1 is 1.29 bits per heavy atom. The van der Waals surface area contributed by atoms with E-state index >= 15 is 0 Å². The maximum Gasteiger partial charge on any atom is 0.240 e. The van der Waals surface area contributed by atoms with E-state index in [1.807, 2.05) is 0 Å². The van der Waals surface area contributed by atoms with E-state index < -0.39 is 10.0 Å². The fourth-order valence-corrected chi connectivity index (χ4v) is 2.40. The summed E-state index contributed by atoms with van der Waals surface area (Å²) in [6.07, 6.45) is 3.16. The smallest absolute Gasteiger partial charge is 0.211 e. The van der Waals surface area contributed by atoms with Crippen molar-refractivity contribution in [2.75, 3.05) is 6.54 Å². The highest BCUT2D eigenvalue weighted by Crippen LogP contribution is 2.08. The molecule has 0 fully saturated rings. The third kappa shape index (κ3) is 4.54. The molecule has 0 amide bonds. The zero-order valence-corrected chi connectivity index (χ0v) is 10.5. The second kappa shape index (κ2) is 6.37. The lowest BCUT2D eigenvalue weighted by Gasteiger charge is -2.06. The Kier molecular flexibility index (Phi) is 5.12. The molecule has 0 saturated carbocycles. The van der Waals surface area contributed by atoms with Crippen LogP contribution in [0.1, 0.15) is 12.8 Å². The van der Waals surface area contributed by atoms with E-state index in [0.717, 1.165) is 18.4 Å². The van der Waals surface area contributed by atoms with Crippen molar-refractivity contribution in [3.63, 3.8) is 0 Å². The van der Waals surface area contributed by atoms with Crippen LogP contribution in [0, 0.1) is 0 Å². The monoisotopic (exact) mass is 251 g/mol. The molecular formula is C13H17NO2S. The van der Waals surface area contributed by atoms with E-state index in [9.17, 15) is 8.42 Å². The van der Waals surface area contributed by atoms with Crippen LogP contribution in [0.15, 0.2) is 60.0 Å². The molecule has 0 aliphatic heterocycles. The standard InChI is InChI=1S/C13H17NO2S/c1-3-12(2)8-7-11-14-17(15,16)13-9-5-4-6-10-13/h3-6,9-10,14H,1-2,7-8,11H2. The Labute approximate surface area is 103 Å². The Bertz CT molecular complexity index is 477. The molecule has 92 valence electrons. The Balaban J connectivity index is 2.46. The average Bonchev–Trinajstić information content (AvgIpc) is 2.35. The Hall–Kier alpha value is -1.39. The fraction of sp³-hybridized carbons (Fsp3) is 0.231. The lowest BCUT2D eigenvalue weighted by atomic mass is 10.2. The summed E-state index contributed by atoms with van der Waals surface area (Å²) in [6, 6.07) is 8.34. The van der Waals surface area contributed by atoms with Crippen molar-refractivity contribution < 1.29 is 8.42 Å². The van der Waals surface area contributed by atoms with Gasteiger partial charge in [0.2, 0.25) is 10.0 Å². The minimum atomic E-state index is -3.37. The second-order valence-electron chi connectivity index (χ2n) is 3.68. The molecule has 0 aliphatic carbocycles. The molecule has 0 saturated heterocycles. The maximum atomic E-state index is 11.8. The van der Waals surface area contributed by atoms with Gasteiger partial charge in [-0.25, -0.2) is 13.1 Å². The second-order valence-corrected chi connectivity index (χ2v) is 5.44. The van der Waals surface area contributed by atoms with E-state index in [1.165, 1.54) is 0 Å². The van der Waals surface area contributed by atoms with Gasteiger partial charge >= 0.3 is 0 Å². The minimum absolute atomic E-state index is 0.294. The zero-order valence-electron chi connectivity index (χ0n) is 9.72. The van der Waals surface area contributed by atoms with Gasteiger partial charge in [-0.2, -0.15) is 0 Å². The Morgan fingerprint density at radius 2 is 1.94 bits per heavy atom. The van der Waals surface area contributed by atoms with E-state index in [-0.39, 0.29) is 0 Å². The van der Waals surface area contributed by atoms with Gasteiger partial charge < -0.3 is 0 Å². The fourth-order valence-electron chi connectivity index (χ4n) is 1.31. The van der Waals surface area contributed by atoms with Crippen LogP contribution in [0.2, 0.25) is 0 Å². The molecular weight excluding hydrogens is 234 g/mol. The molecule has 1 N–H and O–H groups in total. The van der Waals surface area contributed by atoms with Gasteiger partial charge in [0.25, 0.3) is 0 Å². The normalized spacial score (nSPS) is 11.1. The number of hydrogen-bond acceptors (Lipinski definition) is 2. The van der Waals surface area contributed by atoms with Crippen molar-refractivity contribution in [3.8, 4) is 0 Å². The van der Waals surface area contributed by atoms with Gasteiger partial charge in [-0.15, -0.1) is 0 Å². The molecule has 0 bridgehead atoms. The lowest BCUT2D eigenvalue weighted by Crippen LogP contribution is -2.24. The molecule has 4 heteroatoms. The maximum absolute atomic E-state index is 11.8. The van der Waals surface area contributed by atoms with Crippen LogP contribution in [-0.2, 0) is 10.0 Å². The summed E-state index contributed by atoms with van der Waals surface area (Å²) in [6.45, 7) is 7.77. The summed E-state index contributed by atoms with van der Waals surface area (Å²) in [5.41, 5.74) is 0.920. The number of rotatable bonds is 7. The quantitative estimate of drug-likeness (QED) is 0.598. The van der Waals surface area contributed by atoms with Crippen LogP contribution in [0.3, 0.4) is 0 Å². The molecule has 0 radical (unpaired) electrons. The van der Waals surface area contributed by atoms with Crippen LogP contribution in [0.5, 0.6) is 0 Å². The van der Waals surface area contributed by atoms with Crippen molar-refractivity contribution in [2.24, 2.45) is 0 Å². The van der Waals surface area contributed by atoms with Gasteiger partial charge in [0, 0.05) is 6.54 Å². The molecule has 0 atom stereocenters. The van der Waals surface area contributed by atoms with Crippen LogP contribution in [-0.4, -0.2) is 15.0 Å². The predicted octanol–water partition coefficient (Wildman–Crippen LogP) is 2.49. The van der Waals surface area contributed by atoms with E-state index in [4.69, 9.17) is 0 Å². The summed E-state index contributed by atoms with van der Waals surface area (Å²) in [5.74, 6) is 0. The van der Waals surface area contributed by atoms with Gasteiger partial charge in [-0.1, -0.05) is 43.0 Å². The van der Waals surface area contributed by atoms with Gasteiger partial charge in [0.15, 0.2) is 0 Å². The van der Waals surface area contributed by atoms with E-state index in [2.05, 4.69) is 17.9 Å². The first-order chi connectivity index (χ1) is 8.06. The first-order valence-electron chi connectivity index (χ1n) is 5.41. The molecule has 17 heavy (non-hydrogen) atoms. The number of sulfonamides is 1. The van der Waals surface area contributed by atoms with Crippen LogP contribution < -0.4 is 4.72 Å². The molecule has 3 nitrogen and oxygen atoms in total. The van der Waals surface area contributed by atoms with Crippen LogP contribution in [0.25, 0.3) is 0 Å². The topological polar surface area (TPSA) is 46.2 Å². The van der Waals surface area contributed by atoms with Crippen molar-refractivity contribution in [1.29, 1.82) is 0 Å². The zero-order chi connectivity index (χ0) is 12.7. The van der Waals surface area contributed by atoms with Gasteiger partial charge in [-0.05, 0) is 25.0 Å². The van der Waals surface area contributed by atoms with Crippen LogP contribution >= 0.6 is 0 Å². The summed E-state index contributed by atoms with van der Waals surface area (Å²) >= 11 is 0. The molecule has 0 heterocycles. The predicted molar refractivity (Wildman–Crippen MR) is 70.2 cm³/mol. The lowest BCUT2D eigenvalue weighted by molar-refractivity contribution is 0.579. The highest BCUT2D eigenvalue weighted by atomic mass is 32.2.